The highest BCUT2D eigenvalue weighted by atomic mass is 16.6. The number of nitrogens with one attached hydrogen (secondary N) is 2. The summed E-state index contributed by atoms with van der Waals surface area (Å²) in [7, 11) is 0. The van der Waals surface area contributed by atoms with Crippen molar-refractivity contribution < 1.29 is 9.47 Å². The van der Waals surface area contributed by atoms with Gasteiger partial charge in [0, 0.05) is 29.6 Å². The fourth-order valence-electron chi connectivity index (χ4n) is 3.40. The molecule has 1 aromatic carbocycles. The van der Waals surface area contributed by atoms with Gasteiger partial charge in [0.25, 0.3) is 0 Å². The Bertz CT molecular complexity index is 744. The lowest BCUT2D eigenvalue weighted by Crippen LogP contribution is -2.23. The minimum atomic E-state index is 0.484. The lowest BCUT2D eigenvalue weighted by Gasteiger charge is -2.23. The summed E-state index contributed by atoms with van der Waals surface area (Å²) in [5.41, 5.74) is 1.86. The smallest absolute Gasteiger partial charge is 0.225 e. The Labute approximate surface area is 148 Å². The molecule has 1 aliphatic heterocycles. The maximum atomic E-state index is 5.64. The van der Waals surface area contributed by atoms with Crippen LogP contribution in [0.25, 0.3) is 0 Å². The third-order valence-corrected chi connectivity index (χ3v) is 4.61. The summed E-state index contributed by atoms with van der Waals surface area (Å²) < 4.78 is 11.2. The van der Waals surface area contributed by atoms with Crippen LogP contribution in [-0.4, -0.2) is 29.2 Å². The minimum Gasteiger partial charge on any atom is -0.486 e. The summed E-state index contributed by atoms with van der Waals surface area (Å²) in [5.74, 6) is 3.03. The number of nitrogens with zero attached hydrogens (tertiary/aromatic N) is 2. The van der Waals surface area contributed by atoms with E-state index in [0.29, 0.717) is 25.2 Å². The topological polar surface area (TPSA) is 68.3 Å². The van der Waals surface area contributed by atoms with E-state index in [1.54, 1.807) is 0 Å². The number of rotatable bonds is 4. The molecule has 2 heterocycles. The monoisotopic (exact) mass is 340 g/mol. The zero-order valence-electron chi connectivity index (χ0n) is 14.5. The maximum absolute atomic E-state index is 5.64. The van der Waals surface area contributed by atoms with Crippen LogP contribution in [0.1, 0.15) is 37.8 Å². The molecule has 0 bridgehead atoms. The van der Waals surface area contributed by atoms with E-state index in [4.69, 9.17) is 9.47 Å². The van der Waals surface area contributed by atoms with Gasteiger partial charge >= 0.3 is 0 Å². The van der Waals surface area contributed by atoms with Crippen LogP contribution in [0.4, 0.5) is 17.5 Å². The molecule has 132 valence electrons. The minimum absolute atomic E-state index is 0.484. The normalized spacial score (nSPS) is 17.2. The van der Waals surface area contributed by atoms with Crippen molar-refractivity contribution in [2.45, 2.75) is 45.1 Å². The number of fused-ring (bicyclic) bond motifs is 1. The van der Waals surface area contributed by atoms with Crippen LogP contribution >= 0.6 is 0 Å². The van der Waals surface area contributed by atoms with Crippen molar-refractivity contribution >= 4 is 17.5 Å². The lowest BCUT2D eigenvalue weighted by molar-refractivity contribution is 0.171. The van der Waals surface area contributed by atoms with Crippen molar-refractivity contribution in [2.75, 3.05) is 23.8 Å². The first kappa shape index (κ1) is 16.0. The summed E-state index contributed by atoms with van der Waals surface area (Å²) in [5, 5.41) is 6.84. The summed E-state index contributed by atoms with van der Waals surface area (Å²) >= 11 is 0. The van der Waals surface area contributed by atoms with Crippen molar-refractivity contribution in [1.82, 2.24) is 9.97 Å². The number of hydrogen-bond donors (Lipinski definition) is 2. The van der Waals surface area contributed by atoms with Gasteiger partial charge in [0.15, 0.2) is 11.5 Å². The van der Waals surface area contributed by atoms with Crippen LogP contribution < -0.4 is 20.1 Å². The number of benzene rings is 1. The van der Waals surface area contributed by atoms with Crippen LogP contribution in [0.15, 0.2) is 24.3 Å². The van der Waals surface area contributed by atoms with Gasteiger partial charge in [0.2, 0.25) is 5.95 Å². The van der Waals surface area contributed by atoms with Gasteiger partial charge in [-0.25, -0.2) is 4.98 Å². The summed E-state index contributed by atoms with van der Waals surface area (Å²) in [4.78, 5) is 9.16. The van der Waals surface area contributed by atoms with E-state index >= 15 is 0 Å². The van der Waals surface area contributed by atoms with E-state index in [9.17, 15) is 0 Å². The number of aryl methyl sites for hydroxylation is 1. The summed E-state index contributed by atoms with van der Waals surface area (Å²) in [6.45, 7) is 3.17. The van der Waals surface area contributed by atoms with Crippen LogP contribution in [0.5, 0.6) is 11.5 Å². The fourth-order valence-corrected chi connectivity index (χ4v) is 3.40. The second kappa shape index (κ2) is 7.17. The number of hydrogen-bond acceptors (Lipinski definition) is 6. The number of anilines is 3. The van der Waals surface area contributed by atoms with Gasteiger partial charge in [0.1, 0.15) is 19.0 Å². The quantitative estimate of drug-likeness (QED) is 0.875. The number of aromatic nitrogens is 2. The summed E-state index contributed by atoms with van der Waals surface area (Å²) in [6.07, 6.45) is 6.30. The molecule has 6 nitrogen and oxygen atoms in total. The molecule has 0 saturated heterocycles. The van der Waals surface area contributed by atoms with Gasteiger partial charge in [-0.05, 0) is 31.9 Å². The molecule has 4 rings (SSSR count). The number of ether oxygens (including phenoxy) is 2. The van der Waals surface area contributed by atoms with Crippen LogP contribution in [0.2, 0.25) is 0 Å². The molecule has 1 aromatic heterocycles. The Balaban J connectivity index is 1.50. The maximum Gasteiger partial charge on any atom is 0.225 e. The molecule has 1 fully saturated rings. The molecule has 0 atom stereocenters. The van der Waals surface area contributed by atoms with Crippen LogP contribution in [0, 0.1) is 6.92 Å². The third kappa shape index (κ3) is 3.95. The average Bonchev–Trinajstić information content (AvgIpc) is 2.62. The average molecular weight is 340 g/mol. The molecule has 2 aromatic rings. The van der Waals surface area contributed by atoms with Crippen molar-refractivity contribution in [1.29, 1.82) is 0 Å². The molecular formula is C19H24N4O2. The molecular weight excluding hydrogens is 316 g/mol. The molecule has 0 amide bonds. The fraction of sp³-hybridized carbons (Fsp3) is 0.474. The van der Waals surface area contributed by atoms with Crippen molar-refractivity contribution in [3.8, 4) is 11.5 Å². The van der Waals surface area contributed by atoms with Gasteiger partial charge in [-0.2, -0.15) is 4.98 Å². The first-order valence-corrected chi connectivity index (χ1v) is 9.05. The second-order valence-corrected chi connectivity index (χ2v) is 6.68. The Morgan fingerprint density at radius 2 is 1.76 bits per heavy atom. The van der Waals surface area contributed by atoms with E-state index < -0.39 is 0 Å². The molecule has 25 heavy (non-hydrogen) atoms. The molecule has 6 heteroatoms. The van der Waals surface area contributed by atoms with Gasteiger partial charge < -0.3 is 20.1 Å². The molecule has 0 unspecified atom stereocenters. The molecule has 2 aliphatic rings. The highest BCUT2D eigenvalue weighted by molar-refractivity contribution is 5.62. The van der Waals surface area contributed by atoms with Gasteiger partial charge in [-0.15, -0.1) is 0 Å². The second-order valence-electron chi connectivity index (χ2n) is 6.68. The molecule has 0 radical (unpaired) electrons. The Kier molecular flexibility index (Phi) is 4.59. The van der Waals surface area contributed by atoms with Gasteiger partial charge in [0.05, 0.1) is 0 Å². The van der Waals surface area contributed by atoms with E-state index in [1.807, 2.05) is 31.2 Å². The highest BCUT2D eigenvalue weighted by Crippen LogP contribution is 2.33. The third-order valence-electron chi connectivity index (χ3n) is 4.61. The zero-order valence-corrected chi connectivity index (χ0v) is 14.5. The van der Waals surface area contributed by atoms with E-state index in [0.717, 1.165) is 28.7 Å². The summed E-state index contributed by atoms with van der Waals surface area (Å²) in [6, 6.07) is 8.27. The van der Waals surface area contributed by atoms with Crippen molar-refractivity contribution in [2.24, 2.45) is 0 Å². The Morgan fingerprint density at radius 3 is 2.60 bits per heavy atom. The van der Waals surface area contributed by atoms with Crippen molar-refractivity contribution in [3.05, 3.63) is 30.0 Å². The zero-order chi connectivity index (χ0) is 17.1. The SMILES string of the molecule is Cc1cc(Nc2ccc3c(c2)OCCO3)nc(NC2CCCCC2)n1. The van der Waals surface area contributed by atoms with Gasteiger partial charge in [-0.1, -0.05) is 19.3 Å². The molecule has 2 N–H and O–H groups in total. The molecule has 1 aliphatic carbocycles. The largest absolute Gasteiger partial charge is 0.486 e. The predicted octanol–water partition coefficient (Wildman–Crippen LogP) is 4.04. The Hall–Kier alpha value is -2.50. The van der Waals surface area contributed by atoms with Crippen LogP contribution in [-0.2, 0) is 0 Å². The predicted molar refractivity (Wildman–Crippen MR) is 98.0 cm³/mol. The van der Waals surface area contributed by atoms with Crippen LogP contribution in [0.3, 0.4) is 0 Å². The lowest BCUT2D eigenvalue weighted by atomic mass is 9.96. The van der Waals surface area contributed by atoms with Crippen molar-refractivity contribution in [3.63, 3.8) is 0 Å². The van der Waals surface area contributed by atoms with E-state index in [-0.39, 0.29) is 0 Å². The molecule has 1 saturated carbocycles. The Morgan fingerprint density at radius 1 is 0.960 bits per heavy atom. The standard InChI is InChI=1S/C19H24N4O2/c1-13-11-18(23-19(20-13)22-14-5-3-2-4-6-14)21-15-7-8-16-17(12-15)25-10-9-24-16/h7-8,11-12,14H,2-6,9-10H2,1H3,(H2,20,21,22,23). The molecule has 0 spiro atoms. The van der Waals surface area contributed by atoms with E-state index in [2.05, 4.69) is 20.6 Å². The van der Waals surface area contributed by atoms with E-state index in [1.165, 1.54) is 32.1 Å². The highest BCUT2D eigenvalue weighted by Gasteiger charge is 2.15. The first-order valence-electron chi connectivity index (χ1n) is 9.05. The van der Waals surface area contributed by atoms with Gasteiger partial charge in [-0.3, -0.25) is 0 Å². The first-order chi connectivity index (χ1) is 12.3.